The minimum Gasteiger partial charge on any atom is -0.426 e. The lowest BCUT2D eigenvalue weighted by Crippen LogP contribution is -2.19. The van der Waals surface area contributed by atoms with Gasteiger partial charge in [0.2, 0.25) is 0 Å². The first-order valence-corrected chi connectivity index (χ1v) is 11.8. The Hall–Kier alpha value is -2.76. The fraction of sp³-hybridized carbons (Fsp3) is 0.538. The number of unbranched alkanes of at least 4 members (excludes halogenated alkanes) is 8. The zero-order valence-electron chi connectivity index (χ0n) is 19.2. The molecule has 0 bridgehead atoms. The summed E-state index contributed by atoms with van der Waals surface area (Å²) in [6.07, 6.45) is 12.7. The average molecular weight is 443 g/mol. The van der Waals surface area contributed by atoms with E-state index in [0.29, 0.717) is 12.8 Å². The number of allylic oxidation sites excluding steroid dienone is 2. The van der Waals surface area contributed by atoms with Gasteiger partial charge in [0.15, 0.2) is 11.6 Å². The van der Waals surface area contributed by atoms with Gasteiger partial charge in [-0.3, -0.25) is 19.2 Å². The van der Waals surface area contributed by atoms with E-state index in [9.17, 15) is 19.2 Å². The van der Waals surface area contributed by atoms with Crippen LogP contribution in [0, 0.1) is 0 Å². The molecule has 0 N–H and O–H groups in total. The van der Waals surface area contributed by atoms with Crippen molar-refractivity contribution in [3.05, 3.63) is 35.4 Å². The summed E-state index contributed by atoms with van der Waals surface area (Å²) in [6.45, 7) is 4.25. The van der Waals surface area contributed by atoms with Crippen molar-refractivity contribution in [3.63, 3.8) is 0 Å². The Bertz CT molecular complexity index is 783. The summed E-state index contributed by atoms with van der Waals surface area (Å²) < 4.78 is 10.8. The highest BCUT2D eigenvalue weighted by molar-refractivity contribution is 6.24. The van der Waals surface area contributed by atoms with Gasteiger partial charge in [-0.2, -0.15) is 0 Å². The van der Waals surface area contributed by atoms with Crippen molar-refractivity contribution in [2.24, 2.45) is 0 Å². The monoisotopic (exact) mass is 442 g/mol. The Morgan fingerprint density at radius 3 is 1.38 bits per heavy atom. The molecule has 0 amide bonds. The molecular formula is C26H34O6. The van der Waals surface area contributed by atoms with Gasteiger partial charge in [0.25, 0.3) is 0 Å². The molecule has 1 aliphatic rings. The van der Waals surface area contributed by atoms with Crippen LogP contribution >= 0.6 is 0 Å². The first-order valence-electron chi connectivity index (χ1n) is 11.8. The van der Waals surface area contributed by atoms with Crippen molar-refractivity contribution in [1.29, 1.82) is 0 Å². The lowest BCUT2D eigenvalue weighted by Gasteiger charge is -2.17. The summed E-state index contributed by atoms with van der Waals surface area (Å²) in [7, 11) is 0. The number of benzene rings is 1. The third-order valence-corrected chi connectivity index (χ3v) is 5.42. The molecule has 0 atom stereocenters. The van der Waals surface area contributed by atoms with Crippen molar-refractivity contribution >= 4 is 23.5 Å². The molecule has 0 saturated carbocycles. The predicted octanol–water partition coefficient (Wildman–Crippen LogP) is 6.15. The number of hydrogen-bond donors (Lipinski definition) is 0. The number of rotatable bonds is 14. The van der Waals surface area contributed by atoms with Gasteiger partial charge in [0.05, 0.1) is 11.1 Å². The number of esters is 2. The fourth-order valence-electron chi connectivity index (χ4n) is 3.63. The molecular weight excluding hydrogens is 408 g/mol. The van der Waals surface area contributed by atoms with E-state index >= 15 is 0 Å². The molecule has 0 aromatic heterocycles. The standard InChI is InChI=1S/C26H34O6/c1-3-5-7-9-11-13-23(29)31-21-17-18-22(26-20(28)16-15-19(27)25(21)26)32-24(30)14-12-10-8-6-4-2/h15-18H,3-14H2,1-2H3. The van der Waals surface area contributed by atoms with Crippen LogP contribution in [0.4, 0.5) is 0 Å². The maximum atomic E-state index is 12.5. The normalized spacial score (nSPS) is 12.6. The molecule has 0 unspecified atom stereocenters. The van der Waals surface area contributed by atoms with E-state index in [-0.39, 0.29) is 35.5 Å². The fourth-order valence-corrected chi connectivity index (χ4v) is 3.63. The highest BCUT2D eigenvalue weighted by Gasteiger charge is 2.29. The van der Waals surface area contributed by atoms with Gasteiger partial charge in [-0.15, -0.1) is 0 Å². The van der Waals surface area contributed by atoms with Crippen molar-refractivity contribution in [2.45, 2.75) is 90.9 Å². The molecule has 174 valence electrons. The largest absolute Gasteiger partial charge is 0.426 e. The minimum atomic E-state index is -0.456. The molecule has 0 spiro atoms. The van der Waals surface area contributed by atoms with Crippen molar-refractivity contribution in [3.8, 4) is 11.5 Å². The number of ketones is 2. The van der Waals surface area contributed by atoms with Crippen LogP contribution < -0.4 is 9.47 Å². The average Bonchev–Trinajstić information content (AvgIpc) is 2.77. The molecule has 6 heteroatoms. The second kappa shape index (κ2) is 13.6. The van der Waals surface area contributed by atoms with Crippen LogP contribution in [0.2, 0.25) is 0 Å². The molecule has 0 aliphatic heterocycles. The SMILES string of the molecule is CCCCCCCC(=O)Oc1ccc(OC(=O)CCCCCCC)c2c1C(=O)C=CC2=O. The summed E-state index contributed by atoms with van der Waals surface area (Å²) in [4.78, 5) is 49.5. The number of carbonyl (C=O) groups excluding carboxylic acids is 4. The molecule has 0 fully saturated rings. The highest BCUT2D eigenvalue weighted by Crippen LogP contribution is 2.35. The second-order valence-corrected chi connectivity index (χ2v) is 8.15. The van der Waals surface area contributed by atoms with Crippen LogP contribution in [0.25, 0.3) is 0 Å². The number of ether oxygens (including phenoxy) is 2. The van der Waals surface area contributed by atoms with Gasteiger partial charge in [-0.25, -0.2) is 0 Å². The van der Waals surface area contributed by atoms with E-state index in [1.807, 2.05) is 0 Å². The zero-order valence-corrected chi connectivity index (χ0v) is 19.2. The van der Waals surface area contributed by atoms with Crippen molar-refractivity contribution in [2.75, 3.05) is 0 Å². The predicted molar refractivity (Wildman–Crippen MR) is 122 cm³/mol. The zero-order chi connectivity index (χ0) is 23.3. The van der Waals surface area contributed by atoms with Gasteiger partial charge < -0.3 is 9.47 Å². The Kier molecular flexibility index (Phi) is 10.8. The molecule has 32 heavy (non-hydrogen) atoms. The maximum absolute atomic E-state index is 12.5. The highest BCUT2D eigenvalue weighted by atomic mass is 16.5. The van der Waals surface area contributed by atoms with Crippen LogP contribution in [0.1, 0.15) is 112 Å². The Balaban J connectivity index is 2.07. The summed E-state index contributed by atoms with van der Waals surface area (Å²) in [5.74, 6) is -1.75. The lowest BCUT2D eigenvalue weighted by molar-refractivity contribution is -0.135. The molecule has 1 aromatic rings. The van der Waals surface area contributed by atoms with Gasteiger partial charge >= 0.3 is 11.9 Å². The molecule has 0 heterocycles. The van der Waals surface area contributed by atoms with Gasteiger partial charge in [0, 0.05) is 12.8 Å². The first-order chi connectivity index (χ1) is 15.5. The number of fused-ring (bicyclic) bond motifs is 1. The van der Waals surface area contributed by atoms with Gasteiger partial charge in [-0.1, -0.05) is 65.2 Å². The first kappa shape index (κ1) is 25.5. The van der Waals surface area contributed by atoms with E-state index in [2.05, 4.69) is 13.8 Å². The van der Waals surface area contributed by atoms with Crippen molar-refractivity contribution in [1.82, 2.24) is 0 Å². The van der Waals surface area contributed by atoms with Crippen LogP contribution in [0.15, 0.2) is 24.3 Å². The topological polar surface area (TPSA) is 86.7 Å². The van der Waals surface area contributed by atoms with Crippen LogP contribution in [0.3, 0.4) is 0 Å². The maximum Gasteiger partial charge on any atom is 0.311 e. The van der Waals surface area contributed by atoms with Gasteiger partial charge in [-0.05, 0) is 37.1 Å². The van der Waals surface area contributed by atoms with Crippen LogP contribution in [0.5, 0.6) is 11.5 Å². The van der Waals surface area contributed by atoms with Crippen LogP contribution in [-0.4, -0.2) is 23.5 Å². The van der Waals surface area contributed by atoms with E-state index in [1.54, 1.807) is 0 Å². The number of carbonyl (C=O) groups is 4. The molecule has 0 saturated heterocycles. The third-order valence-electron chi connectivity index (χ3n) is 5.42. The van der Waals surface area contributed by atoms with Crippen molar-refractivity contribution < 1.29 is 28.7 Å². The molecule has 1 aliphatic carbocycles. The summed E-state index contributed by atoms with van der Waals surface area (Å²) >= 11 is 0. The van der Waals surface area contributed by atoms with E-state index in [4.69, 9.17) is 9.47 Å². The van der Waals surface area contributed by atoms with Crippen LogP contribution in [-0.2, 0) is 9.59 Å². The van der Waals surface area contributed by atoms with E-state index in [0.717, 1.165) is 63.5 Å². The Labute approximate surface area is 190 Å². The summed E-state index contributed by atoms with van der Waals surface area (Å²) in [5.41, 5.74) is -0.0462. The molecule has 2 rings (SSSR count). The summed E-state index contributed by atoms with van der Waals surface area (Å²) in [5, 5.41) is 0. The number of hydrogen-bond acceptors (Lipinski definition) is 6. The van der Waals surface area contributed by atoms with E-state index in [1.165, 1.54) is 12.1 Å². The molecule has 0 radical (unpaired) electrons. The Morgan fingerprint density at radius 1 is 0.625 bits per heavy atom. The molecule has 6 nitrogen and oxygen atoms in total. The third kappa shape index (κ3) is 7.74. The quantitative estimate of drug-likeness (QED) is 0.195. The Morgan fingerprint density at radius 2 is 1.00 bits per heavy atom. The smallest absolute Gasteiger partial charge is 0.311 e. The second-order valence-electron chi connectivity index (χ2n) is 8.15. The minimum absolute atomic E-state index is 0.0231. The lowest BCUT2D eigenvalue weighted by atomic mass is 9.93. The van der Waals surface area contributed by atoms with E-state index < -0.39 is 23.5 Å². The van der Waals surface area contributed by atoms with Gasteiger partial charge in [0.1, 0.15) is 11.5 Å². The summed E-state index contributed by atoms with van der Waals surface area (Å²) in [6, 6.07) is 2.84. The molecule has 1 aromatic carbocycles.